The van der Waals surface area contributed by atoms with Crippen LogP contribution in [0.4, 0.5) is 5.69 Å². The number of anilines is 1. The van der Waals surface area contributed by atoms with Crippen LogP contribution >= 0.6 is 11.6 Å². The van der Waals surface area contributed by atoms with Crippen molar-refractivity contribution in [3.8, 4) is 0 Å². The van der Waals surface area contributed by atoms with Gasteiger partial charge in [-0.15, -0.1) is 0 Å². The SMILES string of the molecule is CN(C)CCCN(C)C(=O)c1ccc(N)cc1Cl. The van der Waals surface area contributed by atoms with Crippen LogP contribution in [0, 0.1) is 0 Å². The predicted octanol–water partition coefficient (Wildman–Crippen LogP) is 1.95. The van der Waals surface area contributed by atoms with Crippen LogP contribution in [-0.4, -0.2) is 49.9 Å². The van der Waals surface area contributed by atoms with Crippen LogP contribution in [0.2, 0.25) is 5.02 Å². The molecule has 0 aliphatic rings. The van der Waals surface area contributed by atoms with Crippen LogP contribution in [0.25, 0.3) is 0 Å². The van der Waals surface area contributed by atoms with Gasteiger partial charge in [0, 0.05) is 19.3 Å². The molecule has 4 nitrogen and oxygen atoms in total. The zero-order valence-electron chi connectivity index (χ0n) is 11.1. The Morgan fingerprint density at radius 1 is 1.28 bits per heavy atom. The molecule has 1 aromatic rings. The number of halogens is 1. The van der Waals surface area contributed by atoms with Gasteiger partial charge in [-0.3, -0.25) is 4.79 Å². The van der Waals surface area contributed by atoms with E-state index in [1.807, 2.05) is 14.1 Å². The molecule has 1 aromatic carbocycles. The summed E-state index contributed by atoms with van der Waals surface area (Å²) in [6.07, 6.45) is 0.932. The minimum atomic E-state index is -0.0706. The number of nitrogen functional groups attached to an aromatic ring is 1. The van der Waals surface area contributed by atoms with Gasteiger partial charge in [-0.1, -0.05) is 11.6 Å². The largest absolute Gasteiger partial charge is 0.399 e. The van der Waals surface area contributed by atoms with Crippen LogP contribution in [0.1, 0.15) is 16.8 Å². The molecule has 0 radical (unpaired) electrons. The number of hydrogen-bond acceptors (Lipinski definition) is 3. The Bertz CT molecular complexity index is 421. The quantitative estimate of drug-likeness (QED) is 0.831. The van der Waals surface area contributed by atoms with Crippen molar-refractivity contribution in [2.45, 2.75) is 6.42 Å². The topological polar surface area (TPSA) is 49.6 Å². The molecule has 0 heterocycles. The summed E-state index contributed by atoms with van der Waals surface area (Å²) in [6, 6.07) is 4.96. The van der Waals surface area contributed by atoms with Crippen LogP contribution in [-0.2, 0) is 0 Å². The van der Waals surface area contributed by atoms with Gasteiger partial charge in [-0.25, -0.2) is 0 Å². The van der Waals surface area contributed by atoms with E-state index in [9.17, 15) is 4.79 Å². The van der Waals surface area contributed by atoms with Gasteiger partial charge >= 0.3 is 0 Å². The van der Waals surface area contributed by atoms with Gasteiger partial charge in [0.1, 0.15) is 0 Å². The molecule has 0 saturated carbocycles. The summed E-state index contributed by atoms with van der Waals surface area (Å²) in [7, 11) is 5.81. The van der Waals surface area contributed by atoms with Crippen LogP contribution in [0.5, 0.6) is 0 Å². The lowest BCUT2D eigenvalue weighted by Gasteiger charge is -2.19. The summed E-state index contributed by atoms with van der Waals surface area (Å²) in [4.78, 5) is 15.9. The molecule has 0 saturated heterocycles. The third-order valence-corrected chi connectivity index (χ3v) is 2.98. The Labute approximate surface area is 113 Å². The maximum Gasteiger partial charge on any atom is 0.255 e. The van der Waals surface area contributed by atoms with E-state index in [0.29, 0.717) is 22.8 Å². The molecule has 1 amide bonds. The molecule has 0 unspecified atom stereocenters. The third kappa shape index (κ3) is 4.20. The van der Waals surface area contributed by atoms with Crippen LogP contribution in [0.15, 0.2) is 18.2 Å². The summed E-state index contributed by atoms with van der Waals surface area (Å²) < 4.78 is 0. The summed E-state index contributed by atoms with van der Waals surface area (Å²) in [6.45, 7) is 1.66. The standard InChI is InChI=1S/C13H20ClN3O/c1-16(2)7-4-8-17(3)13(18)11-6-5-10(15)9-12(11)14/h5-6,9H,4,7-8,15H2,1-3H3. The molecule has 0 bridgehead atoms. The molecule has 2 N–H and O–H groups in total. The zero-order chi connectivity index (χ0) is 13.7. The second-order valence-electron chi connectivity index (χ2n) is 4.62. The molecular weight excluding hydrogens is 250 g/mol. The van der Waals surface area contributed by atoms with Crippen molar-refractivity contribution in [2.75, 3.05) is 40.0 Å². The summed E-state index contributed by atoms with van der Waals surface area (Å²) in [5, 5.41) is 0.402. The number of hydrogen-bond donors (Lipinski definition) is 1. The molecular formula is C13H20ClN3O. The minimum absolute atomic E-state index is 0.0706. The van der Waals surface area contributed by atoms with E-state index in [-0.39, 0.29) is 5.91 Å². The van der Waals surface area contributed by atoms with Crippen molar-refractivity contribution in [2.24, 2.45) is 0 Å². The highest BCUT2D eigenvalue weighted by atomic mass is 35.5. The van der Waals surface area contributed by atoms with Gasteiger partial charge in [0.15, 0.2) is 0 Å². The molecule has 0 fully saturated rings. The van der Waals surface area contributed by atoms with E-state index < -0.39 is 0 Å². The van der Waals surface area contributed by atoms with E-state index in [2.05, 4.69) is 4.90 Å². The number of carbonyl (C=O) groups excluding carboxylic acids is 1. The van der Waals surface area contributed by atoms with Crippen molar-refractivity contribution in [3.05, 3.63) is 28.8 Å². The number of rotatable bonds is 5. The lowest BCUT2D eigenvalue weighted by molar-refractivity contribution is 0.0791. The Hall–Kier alpha value is -1.26. The lowest BCUT2D eigenvalue weighted by atomic mass is 10.2. The second-order valence-corrected chi connectivity index (χ2v) is 5.03. The van der Waals surface area contributed by atoms with E-state index in [1.165, 1.54) is 0 Å². The van der Waals surface area contributed by atoms with Gasteiger partial charge in [-0.2, -0.15) is 0 Å². The van der Waals surface area contributed by atoms with E-state index in [1.54, 1.807) is 30.1 Å². The Morgan fingerprint density at radius 3 is 2.50 bits per heavy atom. The molecule has 1 rings (SSSR count). The summed E-state index contributed by atoms with van der Waals surface area (Å²) >= 11 is 6.02. The van der Waals surface area contributed by atoms with Crippen molar-refractivity contribution < 1.29 is 4.79 Å². The van der Waals surface area contributed by atoms with Crippen molar-refractivity contribution in [3.63, 3.8) is 0 Å². The normalized spacial score (nSPS) is 10.7. The number of amides is 1. The summed E-state index contributed by atoms with van der Waals surface area (Å²) in [5.74, 6) is -0.0706. The van der Waals surface area contributed by atoms with Gasteiger partial charge < -0.3 is 15.5 Å². The number of nitrogens with zero attached hydrogens (tertiary/aromatic N) is 2. The first-order valence-electron chi connectivity index (χ1n) is 5.87. The fourth-order valence-corrected chi connectivity index (χ4v) is 1.91. The van der Waals surface area contributed by atoms with Crippen molar-refractivity contribution >= 4 is 23.2 Å². The fourth-order valence-electron chi connectivity index (χ4n) is 1.64. The van der Waals surface area contributed by atoms with E-state index in [4.69, 9.17) is 17.3 Å². The summed E-state index contributed by atoms with van der Waals surface area (Å²) in [5.41, 5.74) is 6.66. The highest BCUT2D eigenvalue weighted by Gasteiger charge is 2.14. The number of benzene rings is 1. The molecule has 100 valence electrons. The highest BCUT2D eigenvalue weighted by molar-refractivity contribution is 6.34. The highest BCUT2D eigenvalue weighted by Crippen LogP contribution is 2.20. The van der Waals surface area contributed by atoms with Crippen LogP contribution < -0.4 is 5.73 Å². The Morgan fingerprint density at radius 2 is 1.94 bits per heavy atom. The number of nitrogens with two attached hydrogens (primary N) is 1. The fraction of sp³-hybridized carbons (Fsp3) is 0.462. The average Bonchev–Trinajstić information content (AvgIpc) is 2.27. The van der Waals surface area contributed by atoms with Gasteiger partial charge in [0.05, 0.1) is 10.6 Å². The monoisotopic (exact) mass is 269 g/mol. The van der Waals surface area contributed by atoms with Gasteiger partial charge in [0.2, 0.25) is 0 Å². The molecule has 0 atom stereocenters. The molecule has 0 aliphatic carbocycles. The van der Waals surface area contributed by atoms with Gasteiger partial charge in [-0.05, 0) is 45.3 Å². The Balaban J connectivity index is 2.63. The maximum absolute atomic E-state index is 12.1. The lowest BCUT2D eigenvalue weighted by Crippen LogP contribution is -2.30. The van der Waals surface area contributed by atoms with Crippen molar-refractivity contribution in [1.82, 2.24) is 9.80 Å². The first-order valence-corrected chi connectivity index (χ1v) is 6.25. The second kappa shape index (κ2) is 6.61. The van der Waals surface area contributed by atoms with Crippen molar-refractivity contribution in [1.29, 1.82) is 0 Å². The first kappa shape index (κ1) is 14.8. The Kier molecular flexibility index (Phi) is 5.44. The smallest absolute Gasteiger partial charge is 0.255 e. The molecule has 0 aliphatic heterocycles. The van der Waals surface area contributed by atoms with E-state index >= 15 is 0 Å². The molecule has 0 aromatic heterocycles. The van der Waals surface area contributed by atoms with Gasteiger partial charge in [0.25, 0.3) is 5.91 Å². The number of carbonyl (C=O) groups is 1. The maximum atomic E-state index is 12.1. The predicted molar refractivity (Wildman–Crippen MR) is 76.0 cm³/mol. The van der Waals surface area contributed by atoms with E-state index in [0.717, 1.165) is 13.0 Å². The molecule has 18 heavy (non-hydrogen) atoms. The third-order valence-electron chi connectivity index (χ3n) is 2.67. The molecule has 5 heteroatoms. The first-order chi connectivity index (χ1) is 8.41. The molecule has 0 spiro atoms. The zero-order valence-corrected chi connectivity index (χ0v) is 11.9. The average molecular weight is 270 g/mol. The minimum Gasteiger partial charge on any atom is -0.399 e. The van der Waals surface area contributed by atoms with Crippen LogP contribution in [0.3, 0.4) is 0 Å².